The van der Waals surface area contributed by atoms with E-state index in [9.17, 15) is 14.0 Å². The summed E-state index contributed by atoms with van der Waals surface area (Å²) < 4.78 is 19.4. The largest absolute Gasteiger partial charge is 0.495 e. The fourth-order valence-corrected chi connectivity index (χ4v) is 5.16. The highest BCUT2D eigenvalue weighted by Crippen LogP contribution is 2.37. The van der Waals surface area contributed by atoms with Crippen LogP contribution in [0.4, 0.5) is 10.1 Å². The smallest absolute Gasteiger partial charge is 0.248 e. The van der Waals surface area contributed by atoms with E-state index in [0.717, 1.165) is 36.1 Å². The molecule has 1 unspecified atom stereocenters. The Balaban J connectivity index is 1.82. The number of benzene rings is 2. The molecule has 1 aliphatic carbocycles. The van der Waals surface area contributed by atoms with Crippen LogP contribution in [0.1, 0.15) is 47.7 Å². The number of methoxy groups -OCH3 is 1. The summed E-state index contributed by atoms with van der Waals surface area (Å²) in [6.45, 7) is 1.93. The fourth-order valence-electron chi connectivity index (χ4n) is 4.47. The summed E-state index contributed by atoms with van der Waals surface area (Å²) in [5, 5.41) is 5.06. The van der Waals surface area contributed by atoms with Crippen LogP contribution < -0.4 is 15.0 Å². The number of aryl methyl sites for hydroxylation is 1. The predicted molar refractivity (Wildman–Crippen MR) is 133 cm³/mol. The van der Waals surface area contributed by atoms with Crippen molar-refractivity contribution in [2.45, 2.75) is 51.1 Å². The van der Waals surface area contributed by atoms with Gasteiger partial charge in [-0.2, -0.15) is 0 Å². The number of anilines is 1. The second-order valence-corrected chi connectivity index (χ2v) is 9.67. The molecule has 0 saturated heterocycles. The molecule has 0 bridgehead atoms. The van der Waals surface area contributed by atoms with Crippen LogP contribution in [-0.4, -0.2) is 25.0 Å². The lowest BCUT2D eigenvalue weighted by molar-refractivity contribution is -0.127. The number of thiophene rings is 1. The second-order valence-electron chi connectivity index (χ2n) is 8.64. The van der Waals surface area contributed by atoms with E-state index in [0.29, 0.717) is 17.0 Å². The third-order valence-electron chi connectivity index (χ3n) is 6.16. The Hall–Kier alpha value is -3.19. The minimum absolute atomic E-state index is 0.0732. The maximum absolute atomic E-state index is 13.8. The zero-order valence-electron chi connectivity index (χ0n) is 19.4. The van der Waals surface area contributed by atoms with Gasteiger partial charge in [0.05, 0.1) is 19.2 Å². The molecule has 1 fully saturated rings. The van der Waals surface area contributed by atoms with Crippen LogP contribution in [0, 0.1) is 12.7 Å². The van der Waals surface area contributed by atoms with Gasteiger partial charge in [-0.25, -0.2) is 4.39 Å². The summed E-state index contributed by atoms with van der Waals surface area (Å²) in [4.78, 5) is 30.0. The number of halogens is 1. The molecule has 1 saturated carbocycles. The monoisotopic (exact) mass is 480 g/mol. The first-order valence-electron chi connectivity index (χ1n) is 11.5. The molecular formula is C27H29FN2O3S. The Labute approximate surface area is 203 Å². The maximum atomic E-state index is 13.8. The average Bonchev–Trinajstić information content (AvgIpc) is 3.52. The third kappa shape index (κ3) is 5.47. The van der Waals surface area contributed by atoms with E-state index < -0.39 is 11.9 Å². The Kier molecular flexibility index (Phi) is 7.63. The number of carbonyl (C=O) groups is 2. The molecule has 5 nitrogen and oxygen atoms in total. The van der Waals surface area contributed by atoms with Crippen molar-refractivity contribution in [2.75, 3.05) is 12.0 Å². The number of rotatable bonds is 8. The van der Waals surface area contributed by atoms with Crippen LogP contribution >= 0.6 is 11.3 Å². The first-order chi connectivity index (χ1) is 16.5. The van der Waals surface area contributed by atoms with Crippen LogP contribution in [0.25, 0.3) is 0 Å². The van der Waals surface area contributed by atoms with Gasteiger partial charge in [-0.3, -0.25) is 14.5 Å². The van der Waals surface area contributed by atoms with Crippen molar-refractivity contribution < 1.29 is 18.7 Å². The summed E-state index contributed by atoms with van der Waals surface area (Å²) in [6.07, 6.45) is 4.11. The average molecular weight is 481 g/mol. The first kappa shape index (κ1) is 24.0. The van der Waals surface area contributed by atoms with Gasteiger partial charge in [0.2, 0.25) is 11.8 Å². The summed E-state index contributed by atoms with van der Waals surface area (Å²) in [6, 6.07) is 14.2. The molecule has 0 spiro atoms. The van der Waals surface area contributed by atoms with Crippen LogP contribution in [0.5, 0.6) is 5.75 Å². The van der Waals surface area contributed by atoms with E-state index in [1.165, 1.54) is 28.4 Å². The van der Waals surface area contributed by atoms with Gasteiger partial charge in [0.1, 0.15) is 17.6 Å². The molecule has 178 valence electrons. The van der Waals surface area contributed by atoms with Crippen molar-refractivity contribution in [3.63, 3.8) is 0 Å². The number of amides is 2. The third-order valence-corrected chi connectivity index (χ3v) is 7.04. The van der Waals surface area contributed by atoms with E-state index >= 15 is 0 Å². The predicted octanol–water partition coefficient (Wildman–Crippen LogP) is 5.58. The van der Waals surface area contributed by atoms with Crippen molar-refractivity contribution >= 4 is 28.8 Å². The van der Waals surface area contributed by atoms with Crippen LogP contribution in [0.2, 0.25) is 0 Å². The van der Waals surface area contributed by atoms with Crippen LogP contribution in [0.15, 0.2) is 60.0 Å². The quantitative estimate of drug-likeness (QED) is 0.458. The van der Waals surface area contributed by atoms with Gasteiger partial charge in [-0.05, 0) is 66.6 Å². The Morgan fingerprint density at radius 2 is 1.88 bits per heavy atom. The maximum Gasteiger partial charge on any atom is 0.248 e. The molecule has 3 aromatic rings. The number of nitrogens with one attached hydrogen (secondary N) is 1. The lowest BCUT2D eigenvalue weighted by atomic mass is 10.0. The molecule has 1 aliphatic rings. The molecule has 7 heteroatoms. The van der Waals surface area contributed by atoms with Gasteiger partial charge in [-0.1, -0.05) is 37.1 Å². The van der Waals surface area contributed by atoms with Crippen molar-refractivity contribution in [1.82, 2.24) is 5.32 Å². The number of hydrogen-bond donors (Lipinski definition) is 1. The minimum Gasteiger partial charge on any atom is -0.495 e. The Bertz CT molecular complexity index is 1130. The fraction of sp³-hybridized carbons (Fsp3) is 0.333. The molecule has 4 rings (SSSR count). The number of hydrogen-bond acceptors (Lipinski definition) is 4. The van der Waals surface area contributed by atoms with E-state index in [1.807, 2.05) is 36.6 Å². The molecule has 2 amide bonds. The van der Waals surface area contributed by atoms with Gasteiger partial charge in [0.25, 0.3) is 0 Å². The van der Waals surface area contributed by atoms with Gasteiger partial charge in [-0.15, -0.1) is 11.3 Å². The van der Waals surface area contributed by atoms with Gasteiger partial charge < -0.3 is 10.1 Å². The number of ether oxygens (including phenoxy) is 1. The van der Waals surface area contributed by atoms with Gasteiger partial charge in [0, 0.05) is 10.9 Å². The minimum atomic E-state index is -0.968. The number of nitrogens with zero attached hydrogens (tertiary/aromatic N) is 1. The molecule has 0 radical (unpaired) electrons. The number of carbonyl (C=O) groups excluding carboxylic acids is 2. The topological polar surface area (TPSA) is 58.6 Å². The highest BCUT2D eigenvalue weighted by Gasteiger charge is 2.35. The summed E-state index contributed by atoms with van der Waals surface area (Å²) in [7, 11) is 1.54. The Morgan fingerprint density at radius 1 is 1.15 bits per heavy atom. The van der Waals surface area contributed by atoms with Crippen molar-refractivity contribution in [2.24, 2.45) is 0 Å². The molecule has 1 N–H and O–H groups in total. The van der Waals surface area contributed by atoms with E-state index in [1.54, 1.807) is 25.3 Å². The van der Waals surface area contributed by atoms with Gasteiger partial charge in [0.15, 0.2) is 0 Å². The van der Waals surface area contributed by atoms with Crippen molar-refractivity contribution in [3.8, 4) is 5.75 Å². The SMILES string of the molecule is COc1ccc(C)cc1N(C(=O)Cc1cccs1)C(C(=O)NC1CCCC1)c1ccc(F)cc1. The van der Waals surface area contributed by atoms with Crippen molar-refractivity contribution in [1.29, 1.82) is 0 Å². The van der Waals surface area contributed by atoms with Crippen LogP contribution in [0.3, 0.4) is 0 Å². The molecule has 1 aromatic heterocycles. The second kappa shape index (κ2) is 10.8. The lowest BCUT2D eigenvalue weighted by Gasteiger charge is -2.33. The highest BCUT2D eigenvalue weighted by atomic mass is 32.1. The zero-order chi connectivity index (χ0) is 24.1. The van der Waals surface area contributed by atoms with E-state index in [-0.39, 0.29) is 24.3 Å². The highest BCUT2D eigenvalue weighted by molar-refractivity contribution is 7.10. The summed E-state index contributed by atoms with van der Waals surface area (Å²) >= 11 is 1.49. The van der Waals surface area contributed by atoms with Crippen molar-refractivity contribution in [3.05, 3.63) is 81.8 Å². The molecular weight excluding hydrogens is 451 g/mol. The van der Waals surface area contributed by atoms with Gasteiger partial charge >= 0.3 is 0 Å². The normalized spacial score (nSPS) is 14.6. The molecule has 1 atom stereocenters. The summed E-state index contributed by atoms with van der Waals surface area (Å²) in [5.74, 6) is -0.418. The first-order valence-corrected chi connectivity index (χ1v) is 12.4. The molecule has 0 aliphatic heterocycles. The van der Waals surface area contributed by atoms with E-state index in [2.05, 4.69) is 5.32 Å². The van der Waals surface area contributed by atoms with Crippen LogP contribution in [-0.2, 0) is 16.0 Å². The lowest BCUT2D eigenvalue weighted by Crippen LogP contribution is -2.47. The molecule has 2 aromatic carbocycles. The molecule has 34 heavy (non-hydrogen) atoms. The molecule has 1 heterocycles. The zero-order valence-corrected chi connectivity index (χ0v) is 20.2. The van der Waals surface area contributed by atoms with E-state index in [4.69, 9.17) is 4.74 Å². The summed E-state index contributed by atoms with van der Waals surface area (Å²) in [5.41, 5.74) is 1.98. The Morgan fingerprint density at radius 3 is 2.53 bits per heavy atom. The standard InChI is InChI=1S/C27H29FN2O3S/c1-18-9-14-24(33-2)23(16-18)30(25(31)17-22-8-5-15-34-22)26(19-10-12-20(28)13-11-19)27(32)29-21-6-3-4-7-21/h5,8-16,21,26H,3-4,6-7,17H2,1-2H3,(H,29,32).